The molecular formula is C18H22N2O2S. The number of thiazole rings is 1. The molecule has 0 N–H and O–H groups in total. The number of hydrogen-bond acceptors (Lipinski definition) is 4. The van der Waals surface area contributed by atoms with Gasteiger partial charge in [-0.2, -0.15) is 0 Å². The molecule has 5 heteroatoms. The number of carbonyl (C=O) groups is 1. The molecule has 1 amide bonds. The highest BCUT2D eigenvalue weighted by Gasteiger charge is 2.37. The normalized spacial score (nSPS) is 24.5. The smallest absolute Gasteiger partial charge is 0.273 e. The Morgan fingerprint density at radius 2 is 2.13 bits per heavy atom. The Kier molecular flexibility index (Phi) is 3.97. The second kappa shape index (κ2) is 6.11. The van der Waals surface area contributed by atoms with Crippen molar-refractivity contribution in [3.8, 4) is 10.8 Å². The van der Waals surface area contributed by atoms with E-state index in [1.54, 1.807) is 17.6 Å². The minimum Gasteiger partial charge on any atom is -0.462 e. The Balaban J connectivity index is 1.61. The van der Waals surface area contributed by atoms with E-state index in [4.69, 9.17) is 4.42 Å². The van der Waals surface area contributed by atoms with Gasteiger partial charge in [-0.1, -0.05) is 12.8 Å². The van der Waals surface area contributed by atoms with E-state index in [2.05, 4.69) is 9.88 Å². The molecule has 0 spiro atoms. The molecule has 1 aliphatic heterocycles. The molecular weight excluding hydrogens is 308 g/mol. The van der Waals surface area contributed by atoms with Crippen LogP contribution < -0.4 is 0 Å². The lowest BCUT2D eigenvalue weighted by molar-refractivity contribution is 0.0385. The molecule has 2 fully saturated rings. The second-order valence-corrected chi connectivity index (χ2v) is 7.86. The number of piperidine rings is 1. The minimum atomic E-state index is 0.119. The summed E-state index contributed by atoms with van der Waals surface area (Å²) in [6, 6.07) is 4.17. The minimum absolute atomic E-state index is 0.119. The summed E-state index contributed by atoms with van der Waals surface area (Å²) in [6.07, 6.45) is 9.06. The van der Waals surface area contributed by atoms with E-state index < -0.39 is 0 Å². The van der Waals surface area contributed by atoms with Crippen molar-refractivity contribution >= 4 is 17.2 Å². The van der Waals surface area contributed by atoms with E-state index in [1.165, 1.54) is 25.7 Å². The molecule has 23 heavy (non-hydrogen) atoms. The van der Waals surface area contributed by atoms with E-state index in [1.807, 2.05) is 19.1 Å². The van der Waals surface area contributed by atoms with Gasteiger partial charge in [0, 0.05) is 17.5 Å². The summed E-state index contributed by atoms with van der Waals surface area (Å²) in [5, 5.41) is 0.799. The van der Waals surface area contributed by atoms with Crippen LogP contribution in [0.1, 0.15) is 53.9 Å². The van der Waals surface area contributed by atoms with Crippen LogP contribution in [0.2, 0.25) is 0 Å². The molecule has 2 aromatic heterocycles. The molecule has 1 saturated heterocycles. The van der Waals surface area contributed by atoms with Crippen molar-refractivity contribution in [3.63, 3.8) is 0 Å². The van der Waals surface area contributed by atoms with Crippen molar-refractivity contribution < 1.29 is 9.21 Å². The maximum atomic E-state index is 13.1. The molecule has 2 aliphatic rings. The van der Waals surface area contributed by atoms with Gasteiger partial charge < -0.3 is 9.32 Å². The molecule has 2 unspecified atom stereocenters. The first-order valence-electron chi connectivity index (χ1n) is 8.56. The summed E-state index contributed by atoms with van der Waals surface area (Å²) in [5.41, 5.74) is 0.618. The van der Waals surface area contributed by atoms with Crippen LogP contribution in [-0.4, -0.2) is 28.4 Å². The first-order chi connectivity index (χ1) is 11.2. The van der Waals surface area contributed by atoms with Crippen LogP contribution >= 0.6 is 11.3 Å². The number of rotatable bonds is 2. The van der Waals surface area contributed by atoms with Crippen LogP contribution in [0.3, 0.4) is 0 Å². The number of hydrogen-bond donors (Lipinski definition) is 0. The first kappa shape index (κ1) is 14.9. The molecule has 2 aromatic rings. The van der Waals surface area contributed by atoms with Crippen molar-refractivity contribution in [1.29, 1.82) is 0 Å². The number of aromatic nitrogens is 1. The van der Waals surface area contributed by atoms with Gasteiger partial charge >= 0.3 is 0 Å². The molecule has 1 aliphatic carbocycles. The third-order valence-electron chi connectivity index (χ3n) is 5.24. The van der Waals surface area contributed by atoms with E-state index in [9.17, 15) is 4.79 Å². The van der Waals surface area contributed by atoms with E-state index in [-0.39, 0.29) is 5.91 Å². The highest BCUT2D eigenvalue weighted by Crippen LogP contribution is 2.37. The van der Waals surface area contributed by atoms with Crippen LogP contribution in [0.4, 0.5) is 0 Å². The Labute approximate surface area is 140 Å². The number of furan rings is 1. The molecule has 3 heterocycles. The van der Waals surface area contributed by atoms with Gasteiger partial charge in [0.25, 0.3) is 5.91 Å². The summed E-state index contributed by atoms with van der Waals surface area (Å²) in [4.78, 5) is 20.8. The molecule has 122 valence electrons. The number of fused-ring (bicyclic) bond motifs is 1. The standard InChI is InChI=1S/C18H22N2O2S/c1-12-16(19-17(23-12)15-9-5-11-22-15)18(21)20-10-4-7-13-6-2-3-8-14(13)20/h5,9,11,13-14H,2-4,6-8,10H2,1H3. The molecule has 2 atom stereocenters. The van der Waals surface area contributed by atoms with Gasteiger partial charge in [-0.3, -0.25) is 4.79 Å². The zero-order chi connectivity index (χ0) is 15.8. The van der Waals surface area contributed by atoms with Crippen molar-refractivity contribution in [2.45, 2.75) is 51.5 Å². The van der Waals surface area contributed by atoms with Crippen LogP contribution in [0, 0.1) is 12.8 Å². The monoisotopic (exact) mass is 330 g/mol. The lowest BCUT2D eigenvalue weighted by Gasteiger charge is -2.44. The highest BCUT2D eigenvalue weighted by atomic mass is 32.1. The fourth-order valence-corrected chi connectivity index (χ4v) is 4.99. The Bertz CT molecular complexity index is 690. The zero-order valence-corrected chi connectivity index (χ0v) is 14.3. The van der Waals surface area contributed by atoms with Gasteiger partial charge in [-0.15, -0.1) is 11.3 Å². The lowest BCUT2D eigenvalue weighted by atomic mass is 9.78. The zero-order valence-electron chi connectivity index (χ0n) is 13.5. The van der Waals surface area contributed by atoms with Gasteiger partial charge in [-0.05, 0) is 50.7 Å². The van der Waals surface area contributed by atoms with Gasteiger partial charge in [0.1, 0.15) is 5.69 Å². The van der Waals surface area contributed by atoms with Gasteiger partial charge in [0.2, 0.25) is 0 Å². The van der Waals surface area contributed by atoms with Crippen molar-refractivity contribution in [2.24, 2.45) is 5.92 Å². The highest BCUT2D eigenvalue weighted by molar-refractivity contribution is 7.15. The molecule has 0 bridgehead atoms. The summed E-state index contributed by atoms with van der Waals surface area (Å²) in [7, 11) is 0. The van der Waals surface area contributed by atoms with Gasteiger partial charge in [-0.25, -0.2) is 4.98 Å². The summed E-state index contributed by atoms with van der Waals surface area (Å²) in [6.45, 7) is 2.87. The number of aryl methyl sites for hydroxylation is 1. The fourth-order valence-electron chi connectivity index (χ4n) is 4.11. The maximum Gasteiger partial charge on any atom is 0.273 e. The summed E-state index contributed by atoms with van der Waals surface area (Å²) in [5.74, 6) is 1.56. The fraction of sp³-hybridized carbons (Fsp3) is 0.556. The quantitative estimate of drug-likeness (QED) is 0.814. The number of nitrogens with zero attached hydrogens (tertiary/aromatic N) is 2. The van der Waals surface area contributed by atoms with Gasteiger partial charge in [0.05, 0.1) is 6.26 Å². The first-order valence-corrected chi connectivity index (χ1v) is 9.38. The molecule has 1 saturated carbocycles. The molecule has 0 aromatic carbocycles. The average Bonchev–Trinajstić information content (AvgIpc) is 3.23. The number of amides is 1. The van der Waals surface area contributed by atoms with Gasteiger partial charge in [0.15, 0.2) is 10.8 Å². The molecule has 4 rings (SSSR count). The van der Waals surface area contributed by atoms with Crippen LogP contribution in [-0.2, 0) is 0 Å². The molecule has 4 nitrogen and oxygen atoms in total. The predicted molar refractivity (Wildman–Crippen MR) is 90.6 cm³/mol. The Hall–Kier alpha value is -1.62. The third kappa shape index (κ3) is 2.71. The summed E-state index contributed by atoms with van der Waals surface area (Å²) < 4.78 is 5.42. The largest absolute Gasteiger partial charge is 0.462 e. The maximum absolute atomic E-state index is 13.1. The predicted octanol–water partition coefficient (Wildman–Crippen LogP) is 4.51. The third-order valence-corrected chi connectivity index (χ3v) is 6.22. The summed E-state index contributed by atoms with van der Waals surface area (Å²) >= 11 is 1.54. The lowest BCUT2D eigenvalue weighted by Crippen LogP contribution is -2.49. The van der Waals surface area contributed by atoms with Crippen molar-refractivity contribution in [2.75, 3.05) is 6.54 Å². The van der Waals surface area contributed by atoms with Crippen LogP contribution in [0.5, 0.6) is 0 Å². The van der Waals surface area contributed by atoms with Crippen LogP contribution in [0.25, 0.3) is 10.8 Å². The Morgan fingerprint density at radius 1 is 1.30 bits per heavy atom. The van der Waals surface area contributed by atoms with E-state index >= 15 is 0 Å². The van der Waals surface area contributed by atoms with E-state index in [0.29, 0.717) is 17.7 Å². The molecule has 0 radical (unpaired) electrons. The average molecular weight is 330 g/mol. The SMILES string of the molecule is Cc1sc(-c2ccco2)nc1C(=O)N1CCCC2CCCCC21. The Morgan fingerprint density at radius 3 is 2.96 bits per heavy atom. The van der Waals surface area contributed by atoms with Crippen LogP contribution in [0.15, 0.2) is 22.8 Å². The van der Waals surface area contributed by atoms with Crippen molar-refractivity contribution in [1.82, 2.24) is 9.88 Å². The topological polar surface area (TPSA) is 46.3 Å². The second-order valence-electron chi connectivity index (χ2n) is 6.65. The number of carbonyl (C=O) groups excluding carboxylic acids is 1. The number of likely N-dealkylation sites (tertiary alicyclic amines) is 1. The van der Waals surface area contributed by atoms with Crippen molar-refractivity contribution in [3.05, 3.63) is 29.0 Å². The van der Waals surface area contributed by atoms with E-state index in [0.717, 1.165) is 35.0 Å².